The van der Waals surface area contributed by atoms with Gasteiger partial charge in [-0.3, -0.25) is 14.8 Å². The zero-order valence-corrected chi connectivity index (χ0v) is 32.9. The Balaban J connectivity index is 1.11. The molecule has 0 spiro atoms. The van der Waals surface area contributed by atoms with Crippen molar-refractivity contribution in [1.29, 1.82) is 0 Å². The first-order valence-corrected chi connectivity index (χ1v) is 20.2. The van der Waals surface area contributed by atoms with E-state index in [1.54, 1.807) is 24.4 Å². The highest BCUT2D eigenvalue weighted by Gasteiger charge is 2.45. The third kappa shape index (κ3) is 7.51. The Bertz CT molecular complexity index is 2430. The molecule has 8 rings (SSSR count). The Morgan fingerprint density at radius 3 is 2.43 bits per heavy atom. The van der Waals surface area contributed by atoms with Crippen LogP contribution in [0.1, 0.15) is 40.0 Å². The molecule has 12 nitrogen and oxygen atoms in total. The summed E-state index contributed by atoms with van der Waals surface area (Å²) in [6.07, 6.45) is 2.97. The minimum atomic E-state index is -4.88. The molecule has 5 aromatic rings. The van der Waals surface area contributed by atoms with Gasteiger partial charge in [0.2, 0.25) is 0 Å². The predicted molar refractivity (Wildman–Crippen MR) is 208 cm³/mol. The summed E-state index contributed by atoms with van der Waals surface area (Å²) >= 11 is 6.64. The monoisotopic (exact) mass is 806 g/mol. The molecule has 0 saturated carbocycles. The number of rotatable bonds is 8. The Morgan fingerprint density at radius 2 is 1.71 bits per heavy atom. The molecule has 3 aliphatic heterocycles. The van der Waals surface area contributed by atoms with Crippen molar-refractivity contribution < 1.29 is 35.7 Å². The number of benzene rings is 3. The maximum atomic E-state index is 17.0. The Kier molecular flexibility index (Phi) is 9.90. The maximum absolute atomic E-state index is 17.0. The number of likely N-dealkylation sites (tertiary alicyclic amines) is 1. The van der Waals surface area contributed by atoms with Crippen LogP contribution in [-0.4, -0.2) is 102 Å². The molecule has 16 heteroatoms. The van der Waals surface area contributed by atoms with Gasteiger partial charge in [-0.15, -0.1) is 3.89 Å². The van der Waals surface area contributed by atoms with Crippen molar-refractivity contribution in [1.82, 2.24) is 24.8 Å². The first-order chi connectivity index (χ1) is 26.6. The summed E-state index contributed by atoms with van der Waals surface area (Å²) in [6, 6.07) is 15.9. The molecule has 1 amide bonds. The number of likely N-dealkylation sites (N-methyl/N-ethyl adjacent to an activating group) is 1. The number of anilines is 1. The van der Waals surface area contributed by atoms with Crippen LogP contribution in [0.3, 0.4) is 0 Å². The van der Waals surface area contributed by atoms with Crippen molar-refractivity contribution in [2.75, 3.05) is 38.2 Å². The first-order valence-electron chi connectivity index (χ1n) is 18.5. The fourth-order valence-electron chi connectivity index (χ4n) is 8.07. The van der Waals surface area contributed by atoms with Crippen molar-refractivity contribution in [3.8, 4) is 23.0 Å². The van der Waals surface area contributed by atoms with Gasteiger partial charge in [0, 0.05) is 60.3 Å². The largest absolute Gasteiger partial charge is 0.489 e. The van der Waals surface area contributed by atoms with E-state index in [-0.39, 0.29) is 59.9 Å². The lowest BCUT2D eigenvalue weighted by molar-refractivity contribution is 0.0122. The van der Waals surface area contributed by atoms with Gasteiger partial charge >= 0.3 is 22.3 Å². The van der Waals surface area contributed by atoms with E-state index in [1.807, 2.05) is 66.8 Å². The first kappa shape index (κ1) is 38.0. The second kappa shape index (κ2) is 14.6. The number of hydrogen-bond donors (Lipinski definition) is 0. The van der Waals surface area contributed by atoms with Gasteiger partial charge in [0.05, 0.1) is 17.5 Å². The molecule has 3 fully saturated rings. The van der Waals surface area contributed by atoms with E-state index in [9.17, 15) is 17.1 Å². The standard InChI is InChI=1S/C40H41ClF2N6O6S/c1-40(2,3)55-39(50)49-24-14-15-25(49)20-48(19-24)37-31-18-44-35(30-12-5-8-23-9-6-13-32(41)33(23)30)34(42)36(31)45-38(46-37)53-22-26-16-28(21-47(26)4)54-27-10-7-11-29(17-27)56(43,51)52/h5-13,17-18,24-26,28H,14-16,19-22H2,1-4H3/t24-,25+,26-,28+/m0/s1. The molecule has 0 unspecified atom stereocenters. The van der Waals surface area contributed by atoms with E-state index < -0.39 is 26.5 Å². The summed E-state index contributed by atoms with van der Waals surface area (Å²) in [5.41, 5.74) is 0.0000169. The minimum Gasteiger partial charge on any atom is -0.489 e. The highest BCUT2D eigenvalue weighted by Crippen LogP contribution is 2.40. The van der Waals surface area contributed by atoms with Crippen LogP contribution in [0.4, 0.5) is 18.9 Å². The molecule has 3 saturated heterocycles. The Labute approximate surface area is 328 Å². The highest BCUT2D eigenvalue weighted by molar-refractivity contribution is 7.86. The van der Waals surface area contributed by atoms with Gasteiger partial charge < -0.3 is 19.1 Å². The van der Waals surface area contributed by atoms with Gasteiger partial charge in [0.25, 0.3) is 0 Å². The second-order valence-corrected chi connectivity index (χ2v) is 17.4. The Hall–Kier alpha value is -4.86. The van der Waals surface area contributed by atoms with E-state index in [4.69, 9.17) is 30.8 Å². The summed E-state index contributed by atoms with van der Waals surface area (Å²) in [4.78, 5) is 32.8. The number of nitrogens with zero attached hydrogens (tertiary/aromatic N) is 6. The van der Waals surface area contributed by atoms with E-state index in [1.165, 1.54) is 12.1 Å². The molecule has 0 aliphatic carbocycles. The number of pyridine rings is 1. The lowest BCUT2D eigenvalue weighted by atomic mass is 10.0. The zero-order chi connectivity index (χ0) is 39.5. The van der Waals surface area contributed by atoms with Crippen LogP contribution >= 0.6 is 11.6 Å². The van der Waals surface area contributed by atoms with Crippen LogP contribution in [-0.2, 0) is 15.0 Å². The lowest BCUT2D eigenvalue weighted by Gasteiger charge is -2.42. The number of ether oxygens (including phenoxy) is 3. The number of amides is 1. The molecular weight excluding hydrogens is 766 g/mol. The van der Waals surface area contributed by atoms with Gasteiger partial charge in [-0.05, 0) is 64.2 Å². The van der Waals surface area contributed by atoms with E-state index in [2.05, 4.69) is 9.97 Å². The normalized spacial score (nSPS) is 21.6. The van der Waals surface area contributed by atoms with Crippen LogP contribution in [0.5, 0.6) is 11.8 Å². The summed E-state index contributed by atoms with van der Waals surface area (Å²) in [6.45, 7) is 7.05. The molecule has 3 aliphatic rings. The SMILES string of the molecule is CN1C[C@H](Oc2cccc(S(=O)(=O)F)c2)C[C@H]1COc1nc(N2C[C@H]3CC[C@@H](C2)N3C(=O)OC(C)(C)C)c2cnc(-c3cccc4cccc(Cl)c34)c(F)c2n1. The van der Waals surface area contributed by atoms with Crippen molar-refractivity contribution in [2.45, 2.75) is 74.8 Å². The number of halogens is 3. The number of fused-ring (bicyclic) bond motifs is 4. The van der Waals surface area contributed by atoms with Crippen LogP contribution in [0.2, 0.25) is 5.02 Å². The van der Waals surface area contributed by atoms with Crippen molar-refractivity contribution in [3.63, 3.8) is 0 Å². The smallest absolute Gasteiger partial charge is 0.410 e. The average Bonchev–Trinajstić information content (AvgIpc) is 3.63. The topological polar surface area (TPSA) is 127 Å². The fraction of sp³-hybridized carbons (Fsp3) is 0.400. The molecule has 4 atom stereocenters. The van der Waals surface area contributed by atoms with E-state index in [0.717, 1.165) is 24.3 Å². The average molecular weight is 807 g/mol. The van der Waals surface area contributed by atoms with Gasteiger partial charge in [0.1, 0.15) is 46.0 Å². The maximum Gasteiger partial charge on any atom is 0.410 e. The molecule has 3 aromatic carbocycles. The van der Waals surface area contributed by atoms with Gasteiger partial charge in [-0.1, -0.05) is 48.0 Å². The van der Waals surface area contributed by atoms with Gasteiger partial charge in [-0.25, -0.2) is 9.18 Å². The summed E-state index contributed by atoms with van der Waals surface area (Å²) in [5, 5.41) is 2.37. The van der Waals surface area contributed by atoms with Gasteiger partial charge in [0.15, 0.2) is 5.82 Å². The van der Waals surface area contributed by atoms with Crippen molar-refractivity contribution in [3.05, 3.63) is 77.7 Å². The molecule has 2 bridgehead atoms. The van der Waals surface area contributed by atoms with Crippen LogP contribution in [0.15, 0.2) is 71.8 Å². The number of hydrogen-bond acceptors (Lipinski definition) is 11. The van der Waals surface area contributed by atoms with Crippen LogP contribution in [0, 0.1) is 5.82 Å². The predicted octanol–water partition coefficient (Wildman–Crippen LogP) is 7.41. The number of aromatic nitrogens is 3. The molecule has 0 radical (unpaired) electrons. The number of carbonyl (C=O) groups is 1. The molecule has 5 heterocycles. The molecule has 294 valence electrons. The minimum absolute atomic E-state index is 0.0277. The molecule has 56 heavy (non-hydrogen) atoms. The van der Waals surface area contributed by atoms with E-state index >= 15 is 4.39 Å². The highest BCUT2D eigenvalue weighted by atomic mass is 35.5. The van der Waals surface area contributed by atoms with Crippen molar-refractivity contribution in [2.24, 2.45) is 0 Å². The molecular formula is C40H41ClF2N6O6S. The van der Waals surface area contributed by atoms with Crippen molar-refractivity contribution >= 4 is 55.4 Å². The van der Waals surface area contributed by atoms with Gasteiger partial charge in [-0.2, -0.15) is 18.4 Å². The molecule has 2 aromatic heterocycles. The summed E-state index contributed by atoms with van der Waals surface area (Å²) < 4.78 is 71.5. The number of carbonyl (C=O) groups excluding carboxylic acids is 1. The van der Waals surface area contributed by atoms with Crippen LogP contribution < -0.4 is 14.4 Å². The zero-order valence-electron chi connectivity index (χ0n) is 31.3. The summed E-state index contributed by atoms with van der Waals surface area (Å²) in [7, 11) is -2.98. The van der Waals surface area contributed by atoms with E-state index in [0.29, 0.717) is 53.2 Å². The quantitative estimate of drug-likeness (QED) is 0.146. The molecule has 0 N–H and O–H groups in total. The second-order valence-electron chi connectivity index (χ2n) is 15.6. The lowest BCUT2D eigenvalue weighted by Crippen LogP contribution is -2.57. The third-order valence-corrected chi connectivity index (χ3v) is 11.7. The fourth-order valence-corrected chi connectivity index (χ4v) is 8.85. The Morgan fingerprint density at radius 1 is 1.00 bits per heavy atom. The number of piperazine rings is 1. The third-order valence-electron chi connectivity index (χ3n) is 10.6. The van der Waals surface area contributed by atoms with Crippen LogP contribution in [0.25, 0.3) is 32.9 Å². The summed E-state index contributed by atoms with van der Waals surface area (Å²) in [5.74, 6) is 0.0328.